The van der Waals surface area contributed by atoms with Crippen LogP contribution in [0.1, 0.15) is 0 Å². The molecule has 7 nitrogen and oxygen atoms in total. The lowest BCUT2D eigenvalue weighted by atomic mass is 10.2. The van der Waals surface area contributed by atoms with Gasteiger partial charge in [0, 0.05) is 10.7 Å². The summed E-state index contributed by atoms with van der Waals surface area (Å²) in [6.07, 6.45) is 0.990. The van der Waals surface area contributed by atoms with E-state index < -0.39 is 20.0 Å². The number of hydrogen-bond donors (Lipinski definition) is 3. The second-order valence-corrected chi connectivity index (χ2v) is 8.51. The van der Waals surface area contributed by atoms with Crippen molar-refractivity contribution in [2.45, 2.75) is 4.90 Å². The van der Waals surface area contributed by atoms with Gasteiger partial charge in [0.05, 0.1) is 22.5 Å². The molecule has 23 heavy (non-hydrogen) atoms. The Kier molecular flexibility index (Phi) is 4.85. The van der Waals surface area contributed by atoms with Crippen LogP contribution >= 0.6 is 11.6 Å². The number of sulfonamides is 2. The summed E-state index contributed by atoms with van der Waals surface area (Å²) in [6.45, 7) is 0. The van der Waals surface area contributed by atoms with Gasteiger partial charge in [0.15, 0.2) is 0 Å². The smallest absolute Gasteiger partial charge is 0.238 e. The van der Waals surface area contributed by atoms with Crippen LogP contribution in [0.15, 0.2) is 47.4 Å². The molecule has 0 heterocycles. The molecular formula is C13H14ClN3O4S2. The highest BCUT2D eigenvalue weighted by atomic mass is 35.5. The molecule has 0 aliphatic rings. The predicted octanol–water partition coefficient (Wildman–Crippen LogP) is 2.10. The SMILES string of the molecule is CS(=O)(=O)Nc1ccc(S(N)(=O)=O)cc1Nc1cccc(Cl)c1. The number of nitrogens with two attached hydrogens (primary N) is 1. The molecule has 0 bridgehead atoms. The van der Waals surface area contributed by atoms with Gasteiger partial charge in [-0.3, -0.25) is 4.72 Å². The van der Waals surface area contributed by atoms with Crippen LogP contribution in [0.2, 0.25) is 5.02 Å². The van der Waals surface area contributed by atoms with Crippen molar-refractivity contribution < 1.29 is 16.8 Å². The molecule has 0 saturated heterocycles. The number of rotatable bonds is 5. The second-order valence-electron chi connectivity index (χ2n) is 4.76. The average Bonchev–Trinajstić information content (AvgIpc) is 2.38. The second kappa shape index (κ2) is 6.36. The van der Waals surface area contributed by atoms with E-state index in [2.05, 4.69) is 10.0 Å². The Labute approximate surface area is 139 Å². The van der Waals surface area contributed by atoms with Gasteiger partial charge in [-0.05, 0) is 36.4 Å². The Bertz CT molecular complexity index is 943. The molecule has 0 spiro atoms. The van der Waals surface area contributed by atoms with Gasteiger partial charge in [0.2, 0.25) is 20.0 Å². The van der Waals surface area contributed by atoms with Gasteiger partial charge in [0.1, 0.15) is 0 Å². The Balaban J connectivity index is 2.51. The summed E-state index contributed by atoms with van der Waals surface area (Å²) in [5.41, 5.74) is 0.963. The topological polar surface area (TPSA) is 118 Å². The molecule has 0 amide bonds. The quantitative estimate of drug-likeness (QED) is 0.739. The summed E-state index contributed by atoms with van der Waals surface area (Å²) in [7, 11) is -7.47. The number of halogens is 1. The van der Waals surface area contributed by atoms with E-state index in [4.69, 9.17) is 16.7 Å². The zero-order valence-electron chi connectivity index (χ0n) is 11.9. The number of primary sulfonamides is 1. The molecule has 0 fully saturated rings. The molecule has 2 aromatic carbocycles. The van der Waals surface area contributed by atoms with Crippen LogP contribution in [0.3, 0.4) is 0 Å². The molecule has 2 rings (SSSR count). The Morgan fingerprint density at radius 1 is 1.00 bits per heavy atom. The minimum Gasteiger partial charge on any atom is -0.354 e. The van der Waals surface area contributed by atoms with Crippen molar-refractivity contribution in [3.63, 3.8) is 0 Å². The summed E-state index contributed by atoms with van der Waals surface area (Å²) in [5.74, 6) is 0. The van der Waals surface area contributed by atoms with Crippen molar-refractivity contribution in [3.8, 4) is 0 Å². The molecule has 0 atom stereocenters. The van der Waals surface area contributed by atoms with E-state index in [1.54, 1.807) is 24.3 Å². The Hall–Kier alpha value is -1.81. The summed E-state index contributed by atoms with van der Waals surface area (Å²) in [4.78, 5) is -0.152. The molecular weight excluding hydrogens is 362 g/mol. The first-order valence-corrected chi connectivity index (χ1v) is 10.0. The lowest BCUT2D eigenvalue weighted by Gasteiger charge is -2.14. The standard InChI is InChI=1S/C13H14ClN3O4S2/c1-22(18,19)17-12-6-5-11(23(15,20)21)8-13(12)16-10-4-2-3-9(14)7-10/h2-8,16-17H,1H3,(H2,15,20,21). The van der Waals surface area contributed by atoms with Gasteiger partial charge in [-0.15, -0.1) is 0 Å². The van der Waals surface area contributed by atoms with E-state index in [0.29, 0.717) is 10.7 Å². The van der Waals surface area contributed by atoms with Crippen molar-refractivity contribution in [1.82, 2.24) is 0 Å². The van der Waals surface area contributed by atoms with Crippen molar-refractivity contribution in [2.75, 3.05) is 16.3 Å². The van der Waals surface area contributed by atoms with E-state index in [1.807, 2.05) is 0 Å². The van der Waals surface area contributed by atoms with Crippen LogP contribution in [-0.4, -0.2) is 23.1 Å². The van der Waals surface area contributed by atoms with Gasteiger partial charge in [-0.1, -0.05) is 17.7 Å². The van der Waals surface area contributed by atoms with Crippen molar-refractivity contribution in [2.24, 2.45) is 5.14 Å². The molecule has 0 unspecified atom stereocenters. The average molecular weight is 376 g/mol. The largest absolute Gasteiger partial charge is 0.354 e. The predicted molar refractivity (Wildman–Crippen MR) is 91.0 cm³/mol. The van der Waals surface area contributed by atoms with E-state index in [-0.39, 0.29) is 16.3 Å². The van der Waals surface area contributed by atoms with Crippen LogP contribution in [0.5, 0.6) is 0 Å². The first-order chi connectivity index (χ1) is 10.5. The molecule has 0 aliphatic carbocycles. The molecule has 124 valence electrons. The summed E-state index contributed by atoms with van der Waals surface area (Å²) in [5, 5.41) is 8.49. The molecule has 0 radical (unpaired) electrons. The third kappa shape index (κ3) is 5.10. The van der Waals surface area contributed by atoms with Crippen LogP contribution in [0, 0.1) is 0 Å². The number of anilines is 3. The monoisotopic (exact) mass is 375 g/mol. The third-order valence-corrected chi connectivity index (χ3v) is 4.46. The molecule has 0 aliphatic heterocycles. The highest BCUT2D eigenvalue weighted by Crippen LogP contribution is 2.29. The zero-order chi connectivity index (χ0) is 17.3. The minimum atomic E-state index is -3.93. The lowest BCUT2D eigenvalue weighted by molar-refractivity contribution is 0.597. The Morgan fingerprint density at radius 2 is 1.70 bits per heavy atom. The molecule has 2 aromatic rings. The number of nitrogens with one attached hydrogen (secondary N) is 2. The maximum atomic E-state index is 11.5. The highest BCUT2D eigenvalue weighted by Gasteiger charge is 2.14. The third-order valence-electron chi connectivity index (χ3n) is 2.72. The molecule has 0 saturated carbocycles. The van der Waals surface area contributed by atoms with Crippen LogP contribution in [-0.2, 0) is 20.0 Å². The maximum absolute atomic E-state index is 11.5. The fourth-order valence-corrected chi connectivity index (χ4v) is 3.12. The normalized spacial score (nSPS) is 12.0. The van der Waals surface area contributed by atoms with E-state index >= 15 is 0 Å². The fourth-order valence-electron chi connectivity index (χ4n) is 1.81. The number of benzene rings is 2. The summed E-state index contributed by atoms with van der Waals surface area (Å²) in [6, 6.07) is 10.4. The van der Waals surface area contributed by atoms with Gasteiger partial charge < -0.3 is 5.32 Å². The van der Waals surface area contributed by atoms with Crippen molar-refractivity contribution in [1.29, 1.82) is 0 Å². The summed E-state index contributed by atoms with van der Waals surface area (Å²) >= 11 is 5.89. The molecule has 0 aromatic heterocycles. The first kappa shape index (κ1) is 17.5. The van der Waals surface area contributed by atoms with Crippen LogP contribution in [0.25, 0.3) is 0 Å². The van der Waals surface area contributed by atoms with E-state index in [9.17, 15) is 16.8 Å². The van der Waals surface area contributed by atoms with Gasteiger partial charge >= 0.3 is 0 Å². The lowest BCUT2D eigenvalue weighted by Crippen LogP contribution is -2.14. The van der Waals surface area contributed by atoms with Gasteiger partial charge in [-0.2, -0.15) is 0 Å². The van der Waals surface area contributed by atoms with E-state index in [1.165, 1.54) is 18.2 Å². The van der Waals surface area contributed by atoms with Crippen LogP contribution < -0.4 is 15.2 Å². The molecule has 10 heteroatoms. The van der Waals surface area contributed by atoms with Gasteiger partial charge in [-0.25, -0.2) is 22.0 Å². The van der Waals surface area contributed by atoms with Gasteiger partial charge in [0.25, 0.3) is 0 Å². The Morgan fingerprint density at radius 3 is 2.26 bits per heavy atom. The fraction of sp³-hybridized carbons (Fsp3) is 0.0769. The maximum Gasteiger partial charge on any atom is 0.238 e. The zero-order valence-corrected chi connectivity index (χ0v) is 14.3. The summed E-state index contributed by atoms with van der Waals surface area (Å²) < 4.78 is 48.1. The minimum absolute atomic E-state index is 0.152. The first-order valence-electron chi connectivity index (χ1n) is 6.22. The molecule has 4 N–H and O–H groups in total. The van der Waals surface area contributed by atoms with Crippen molar-refractivity contribution in [3.05, 3.63) is 47.5 Å². The highest BCUT2D eigenvalue weighted by molar-refractivity contribution is 7.92. The van der Waals surface area contributed by atoms with Crippen molar-refractivity contribution >= 4 is 48.7 Å². The van der Waals surface area contributed by atoms with E-state index in [0.717, 1.165) is 6.26 Å². The van der Waals surface area contributed by atoms with Crippen LogP contribution in [0.4, 0.5) is 17.1 Å². The number of hydrogen-bond acceptors (Lipinski definition) is 5.